The average molecular weight is 267 g/mol. The van der Waals surface area contributed by atoms with Crippen LogP contribution in [0.4, 0.5) is 4.39 Å². The smallest absolute Gasteiger partial charge is 0.127 e. The van der Waals surface area contributed by atoms with Crippen molar-refractivity contribution in [1.29, 1.82) is 0 Å². The van der Waals surface area contributed by atoms with Gasteiger partial charge in [-0.3, -0.25) is 0 Å². The predicted octanol–water partition coefficient (Wildman–Crippen LogP) is 4.10. The Morgan fingerprint density at radius 1 is 1.16 bits per heavy atom. The molecule has 1 rings (SSSR count). The number of nitrogens with one attached hydrogen (secondary N) is 1. The second-order valence-electron chi connectivity index (χ2n) is 5.52. The molecule has 1 unspecified atom stereocenters. The number of hydrogen-bond acceptors (Lipinski definition) is 2. The van der Waals surface area contributed by atoms with E-state index in [-0.39, 0.29) is 11.9 Å². The lowest BCUT2D eigenvalue weighted by Crippen LogP contribution is -2.34. The maximum absolute atomic E-state index is 13.5. The molecule has 0 bridgehead atoms. The highest BCUT2D eigenvalue weighted by atomic mass is 19.1. The Morgan fingerprint density at radius 2 is 1.84 bits per heavy atom. The van der Waals surface area contributed by atoms with Crippen LogP contribution in [-0.4, -0.2) is 18.7 Å². The molecule has 0 radical (unpaired) electrons. The normalized spacial score (nSPS) is 14.5. The molecule has 1 aromatic rings. The van der Waals surface area contributed by atoms with Crippen LogP contribution in [0.5, 0.6) is 5.75 Å². The van der Waals surface area contributed by atoms with Crippen LogP contribution in [0.25, 0.3) is 0 Å². The highest BCUT2D eigenvalue weighted by molar-refractivity contribution is 5.31. The Kier molecular flexibility index (Phi) is 6.29. The molecule has 19 heavy (non-hydrogen) atoms. The van der Waals surface area contributed by atoms with E-state index < -0.39 is 0 Å². The Morgan fingerprint density at radius 3 is 2.42 bits per heavy atom. The van der Waals surface area contributed by atoms with Gasteiger partial charge < -0.3 is 10.1 Å². The molecule has 0 saturated heterocycles. The molecule has 0 aliphatic heterocycles. The van der Waals surface area contributed by atoms with Gasteiger partial charge in [-0.2, -0.15) is 0 Å². The van der Waals surface area contributed by atoms with Gasteiger partial charge in [-0.15, -0.1) is 0 Å². The summed E-state index contributed by atoms with van der Waals surface area (Å²) in [6, 6.07) is 5.42. The van der Waals surface area contributed by atoms with Gasteiger partial charge in [0.1, 0.15) is 17.7 Å². The number of benzene rings is 1. The van der Waals surface area contributed by atoms with Crippen molar-refractivity contribution in [3.05, 3.63) is 29.6 Å². The average Bonchev–Trinajstić information content (AvgIpc) is 2.35. The van der Waals surface area contributed by atoms with Gasteiger partial charge in [0.05, 0.1) is 0 Å². The monoisotopic (exact) mass is 267 g/mol. The molecule has 2 atom stereocenters. The fourth-order valence-electron chi connectivity index (χ4n) is 1.77. The van der Waals surface area contributed by atoms with Crippen LogP contribution in [0, 0.1) is 5.82 Å². The van der Waals surface area contributed by atoms with E-state index in [4.69, 9.17) is 4.74 Å². The largest absolute Gasteiger partial charge is 0.489 e. The molecule has 3 heteroatoms. The topological polar surface area (TPSA) is 21.3 Å². The van der Waals surface area contributed by atoms with Gasteiger partial charge >= 0.3 is 0 Å². The lowest BCUT2D eigenvalue weighted by Gasteiger charge is -2.19. The third-order valence-corrected chi connectivity index (χ3v) is 3.26. The van der Waals surface area contributed by atoms with Crippen molar-refractivity contribution in [1.82, 2.24) is 5.32 Å². The highest BCUT2D eigenvalue weighted by Crippen LogP contribution is 2.23. The molecule has 0 aromatic heterocycles. The second kappa shape index (κ2) is 7.49. The zero-order valence-electron chi connectivity index (χ0n) is 12.7. The maximum atomic E-state index is 13.5. The lowest BCUT2D eigenvalue weighted by atomic mass is 10.0. The summed E-state index contributed by atoms with van der Waals surface area (Å²) in [5.41, 5.74) is 0.970. The third-order valence-electron chi connectivity index (χ3n) is 3.26. The summed E-state index contributed by atoms with van der Waals surface area (Å²) in [5, 5.41) is 3.39. The van der Waals surface area contributed by atoms with Crippen molar-refractivity contribution in [2.45, 2.75) is 59.1 Å². The Balaban J connectivity index is 2.61. The molecule has 2 nitrogen and oxygen atoms in total. The summed E-state index contributed by atoms with van der Waals surface area (Å²) in [5.74, 6) is 0.678. The highest BCUT2D eigenvalue weighted by Gasteiger charge is 2.09. The fourth-order valence-corrected chi connectivity index (χ4v) is 1.77. The van der Waals surface area contributed by atoms with Gasteiger partial charge in [0.25, 0.3) is 0 Å². The van der Waals surface area contributed by atoms with Gasteiger partial charge in [0.15, 0.2) is 0 Å². The number of rotatable bonds is 7. The molecule has 108 valence electrons. The first kappa shape index (κ1) is 16.0. The van der Waals surface area contributed by atoms with E-state index in [1.54, 1.807) is 6.07 Å². The van der Waals surface area contributed by atoms with Gasteiger partial charge in [0.2, 0.25) is 0 Å². The minimum absolute atomic E-state index is 0.0239. The molecule has 0 heterocycles. The maximum Gasteiger partial charge on any atom is 0.127 e. The first-order chi connectivity index (χ1) is 8.92. The zero-order chi connectivity index (χ0) is 14.4. The zero-order valence-corrected chi connectivity index (χ0v) is 12.7. The quantitative estimate of drug-likeness (QED) is 0.803. The summed E-state index contributed by atoms with van der Waals surface area (Å²) in [7, 11) is 0. The first-order valence-electron chi connectivity index (χ1n) is 7.12. The molecule has 0 aliphatic rings. The van der Waals surface area contributed by atoms with E-state index in [0.29, 0.717) is 17.7 Å². The van der Waals surface area contributed by atoms with E-state index in [2.05, 4.69) is 19.2 Å². The molecule has 1 N–H and O–H groups in total. The Bertz CT molecular complexity index is 392. The van der Waals surface area contributed by atoms with E-state index >= 15 is 0 Å². The Labute approximate surface area is 116 Å². The van der Waals surface area contributed by atoms with Gasteiger partial charge in [-0.1, -0.05) is 20.8 Å². The van der Waals surface area contributed by atoms with E-state index in [9.17, 15) is 4.39 Å². The van der Waals surface area contributed by atoms with Crippen LogP contribution in [-0.2, 0) is 0 Å². The minimum Gasteiger partial charge on any atom is -0.489 e. The molecule has 0 spiro atoms. The van der Waals surface area contributed by atoms with Crippen LogP contribution < -0.4 is 10.1 Å². The van der Waals surface area contributed by atoms with Crippen LogP contribution >= 0.6 is 0 Å². The summed E-state index contributed by atoms with van der Waals surface area (Å²) in [4.78, 5) is 0. The van der Waals surface area contributed by atoms with Crippen molar-refractivity contribution in [3.63, 3.8) is 0 Å². The van der Waals surface area contributed by atoms with Crippen molar-refractivity contribution in [3.8, 4) is 5.75 Å². The van der Waals surface area contributed by atoms with Crippen LogP contribution in [0.3, 0.4) is 0 Å². The van der Waals surface area contributed by atoms with E-state index in [1.807, 2.05) is 26.8 Å². The van der Waals surface area contributed by atoms with Crippen LogP contribution in [0.2, 0.25) is 0 Å². The van der Waals surface area contributed by atoms with Crippen LogP contribution in [0.1, 0.15) is 52.5 Å². The summed E-state index contributed by atoms with van der Waals surface area (Å²) in [6.07, 6.45) is 1.11. The van der Waals surface area contributed by atoms with E-state index in [0.717, 1.165) is 18.5 Å². The van der Waals surface area contributed by atoms with E-state index in [1.165, 1.54) is 6.07 Å². The summed E-state index contributed by atoms with van der Waals surface area (Å²) >= 11 is 0. The molecule has 1 aromatic carbocycles. The molecule has 0 amide bonds. The Hall–Kier alpha value is -1.09. The first-order valence-corrected chi connectivity index (χ1v) is 7.12. The van der Waals surface area contributed by atoms with Gasteiger partial charge in [-0.25, -0.2) is 4.39 Å². The summed E-state index contributed by atoms with van der Waals surface area (Å²) < 4.78 is 19.3. The van der Waals surface area contributed by atoms with Crippen molar-refractivity contribution < 1.29 is 9.13 Å². The molecular formula is C16H26FNO. The standard InChI is InChI=1S/C16H26FNO/c1-6-12(4)18-10-13(5)19-16-8-14(11(2)3)7-15(17)9-16/h7-9,11-13,18H,6,10H2,1-5H3/t12?,13-/m1/s1. The fraction of sp³-hybridized carbons (Fsp3) is 0.625. The molecular weight excluding hydrogens is 241 g/mol. The third kappa shape index (κ3) is 5.60. The molecule has 0 saturated carbocycles. The van der Waals surface area contributed by atoms with Crippen molar-refractivity contribution in [2.75, 3.05) is 6.54 Å². The molecule has 0 fully saturated rings. The number of halogens is 1. The predicted molar refractivity (Wildman–Crippen MR) is 78.3 cm³/mol. The number of ether oxygens (including phenoxy) is 1. The van der Waals surface area contributed by atoms with Crippen molar-refractivity contribution in [2.24, 2.45) is 0 Å². The van der Waals surface area contributed by atoms with Gasteiger partial charge in [0, 0.05) is 18.7 Å². The van der Waals surface area contributed by atoms with Crippen LogP contribution in [0.15, 0.2) is 18.2 Å². The SMILES string of the molecule is CCC(C)NC[C@@H](C)Oc1cc(F)cc(C(C)C)c1. The molecule has 0 aliphatic carbocycles. The second-order valence-corrected chi connectivity index (χ2v) is 5.52. The minimum atomic E-state index is -0.233. The lowest BCUT2D eigenvalue weighted by molar-refractivity contribution is 0.211. The summed E-state index contributed by atoms with van der Waals surface area (Å²) in [6.45, 7) is 11.1. The van der Waals surface area contributed by atoms with Crippen molar-refractivity contribution >= 4 is 0 Å². The number of hydrogen-bond donors (Lipinski definition) is 1. The van der Waals surface area contributed by atoms with Gasteiger partial charge in [-0.05, 0) is 43.9 Å².